The molecule has 0 saturated heterocycles. The summed E-state index contributed by atoms with van der Waals surface area (Å²) in [6.07, 6.45) is 0.224. The number of hydrogen-bond donors (Lipinski definition) is 1. The zero-order valence-electron chi connectivity index (χ0n) is 9.41. The van der Waals surface area contributed by atoms with Gasteiger partial charge in [-0.25, -0.2) is 0 Å². The molecular formula is C12H17NO2. The van der Waals surface area contributed by atoms with Crippen LogP contribution in [0.3, 0.4) is 0 Å². The van der Waals surface area contributed by atoms with Gasteiger partial charge in [0.15, 0.2) is 0 Å². The van der Waals surface area contributed by atoms with Gasteiger partial charge in [-0.3, -0.25) is 4.79 Å². The fourth-order valence-electron chi connectivity index (χ4n) is 1.78. The first kappa shape index (κ1) is 11.7. The number of hydrogen-bond acceptors (Lipinski definition) is 3. The minimum Gasteiger partial charge on any atom is -0.469 e. The van der Waals surface area contributed by atoms with Crippen LogP contribution in [0.25, 0.3) is 0 Å². The number of benzene rings is 1. The Hall–Kier alpha value is -1.35. The Bertz CT molecular complexity index is 340. The van der Waals surface area contributed by atoms with Gasteiger partial charge in [0.1, 0.15) is 0 Å². The summed E-state index contributed by atoms with van der Waals surface area (Å²) in [6.45, 7) is 4.00. The summed E-state index contributed by atoms with van der Waals surface area (Å²) < 4.78 is 4.60. The molecule has 1 aromatic carbocycles. The highest BCUT2D eigenvalue weighted by Crippen LogP contribution is 2.22. The predicted octanol–water partition coefficient (Wildman–Crippen LogP) is 1.87. The minimum absolute atomic E-state index is 0.224. The van der Waals surface area contributed by atoms with Crippen molar-refractivity contribution < 1.29 is 9.53 Å². The van der Waals surface area contributed by atoms with E-state index >= 15 is 0 Å². The number of methoxy groups -OCH3 is 1. The van der Waals surface area contributed by atoms with Crippen LogP contribution in [0.5, 0.6) is 0 Å². The first-order chi connectivity index (χ1) is 7.06. The number of aryl methyl sites for hydroxylation is 2. The van der Waals surface area contributed by atoms with Crippen molar-refractivity contribution in [2.45, 2.75) is 26.3 Å². The van der Waals surface area contributed by atoms with E-state index in [1.165, 1.54) is 7.11 Å². The molecule has 0 aromatic heterocycles. The summed E-state index contributed by atoms with van der Waals surface area (Å²) >= 11 is 0. The first-order valence-electron chi connectivity index (χ1n) is 4.94. The highest BCUT2D eigenvalue weighted by molar-refractivity contribution is 5.70. The van der Waals surface area contributed by atoms with E-state index in [9.17, 15) is 4.79 Å². The summed E-state index contributed by atoms with van der Waals surface area (Å²) in [5.41, 5.74) is 9.25. The van der Waals surface area contributed by atoms with Gasteiger partial charge in [-0.05, 0) is 30.5 Å². The van der Waals surface area contributed by atoms with Crippen LogP contribution >= 0.6 is 0 Å². The maximum Gasteiger partial charge on any atom is 0.307 e. The van der Waals surface area contributed by atoms with Crippen LogP contribution in [-0.4, -0.2) is 13.1 Å². The number of ether oxygens (including phenoxy) is 1. The van der Waals surface area contributed by atoms with Crippen molar-refractivity contribution >= 4 is 5.97 Å². The second-order valence-corrected chi connectivity index (χ2v) is 3.69. The molecule has 3 heteroatoms. The highest BCUT2D eigenvalue weighted by Gasteiger charge is 2.15. The van der Waals surface area contributed by atoms with Gasteiger partial charge in [0.25, 0.3) is 0 Å². The summed E-state index contributed by atoms with van der Waals surface area (Å²) in [7, 11) is 1.37. The lowest BCUT2D eigenvalue weighted by Gasteiger charge is -2.16. The van der Waals surface area contributed by atoms with Crippen LogP contribution in [0.1, 0.15) is 29.2 Å². The van der Waals surface area contributed by atoms with E-state index in [1.807, 2.05) is 32.0 Å². The van der Waals surface area contributed by atoms with Gasteiger partial charge < -0.3 is 10.5 Å². The Morgan fingerprint density at radius 2 is 1.93 bits per heavy atom. The third-order valence-electron chi connectivity index (χ3n) is 2.53. The fourth-order valence-corrected chi connectivity index (χ4v) is 1.78. The number of nitrogens with two attached hydrogens (primary N) is 1. The monoisotopic (exact) mass is 207 g/mol. The van der Waals surface area contributed by atoms with E-state index in [2.05, 4.69) is 4.74 Å². The second-order valence-electron chi connectivity index (χ2n) is 3.69. The maximum atomic E-state index is 11.1. The van der Waals surface area contributed by atoms with E-state index in [1.54, 1.807) is 0 Å². The lowest BCUT2D eigenvalue weighted by atomic mass is 9.95. The lowest BCUT2D eigenvalue weighted by Crippen LogP contribution is -2.18. The molecule has 0 aliphatic rings. The maximum absolute atomic E-state index is 11.1. The number of carbonyl (C=O) groups is 1. The van der Waals surface area contributed by atoms with Crippen LogP contribution in [0.15, 0.2) is 18.2 Å². The molecule has 0 aliphatic carbocycles. The van der Waals surface area contributed by atoms with Gasteiger partial charge in [-0.2, -0.15) is 0 Å². The van der Waals surface area contributed by atoms with E-state index in [0.29, 0.717) is 0 Å². The minimum atomic E-state index is -0.279. The molecule has 0 bridgehead atoms. The van der Waals surface area contributed by atoms with Crippen LogP contribution in [0, 0.1) is 13.8 Å². The molecule has 3 nitrogen and oxygen atoms in total. The van der Waals surface area contributed by atoms with Crippen LogP contribution in [0.2, 0.25) is 0 Å². The average molecular weight is 207 g/mol. The molecule has 0 saturated carbocycles. The molecule has 1 atom stereocenters. The Morgan fingerprint density at radius 3 is 2.40 bits per heavy atom. The molecule has 15 heavy (non-hydrogen) atoms. The Labute approximate surface area is 90.2 Å². The highest BCUT2D eigenvalue weighted by atomic mass is 16.5. The van der Waals surface area contributed by atoms with Gasteiger partial charge in [0.05, 0.1) is 13.5 Å². The van der Waals surface area contributed by atoms with Crippen molar-refractivity contribution in [3.63, 3.8) is 0 Å². The first-order valence-corrected chi connectivity index (χ1v) is 4.94. The fraction of sp³-hybridized carbons (Fsp3) is 0.417. The van der Waals surface area contributed by atoms with Crippen LogP contribution < -0.4 is 5.73 Å². The zero-order valence-corrected chi connectivity index (χ0v) is 9.41. The topological polar surface area (TPSA) is 52.3 Å². The SMILES string of the molecule is COC(=O)C[C@H](N)c1c(C)cccc1C. The molecule has 0 spiro atoms. The third-order valence-corrected chi connectivity index (χ3v) is 2.53. The van der Waals surface area contributed by atoms with Crippen LogP contribution in [0.4, 0.5) is 0 Å². The summed E-state index contributed by atoms with van der Waals surface area (Å²) in [5.74, 6) is -0.273. The van der Waals surface area contributed by atoms with Crippen molar-refractivity contribution in [1.29, 1.82) is 0 Å². The van der Waals surface area contributed by atoms with Gasteiger partial charge in [-0.15, -0.1) is 0 Å². The van der Waals surface area contributed by atoms with E-state index in [4.69, 9.17) is 5.73 Å². The number of carbonyl (C=O) groups excluding carboxylic acids is 1. The van der Waals surface area contributed by atoms with E-state index < -0.39 is 0 Å². The van der Waals surface area contributed by atoms with Gasteiger partial charge in [0.2, 0.25) is 0 Å². The van der Waals surface area contributed by atoms with Crippen molar-refractivity contribution in [3.05, 3.63) is 34.9 Å². The standard InChI is InChI=1S/C12H17NO2/c1-8-5-4-6-9(2)12(8)10(13)7-11(14)15-3/h4-6,10H,7,13H2,1-3H3/t10-/m0/s1. The molecule has 0 fully saturated rings. The molecule has 1 rings (SSSR count). The number of esters is 1. The molecule has 0 radical (unpaired) electrons. The Morgan fingerprint density at radius 1 is 1.40 bits per heavy atom. The van der Waals surface area contributed by atoms with E-state index in [0.717, 1.165) is 16.7 Å². The average Bonchev–Trinajstić information content (AvgIpc) is 2.17. The van der Waals surface area contributed by atoms with Crippen molar-refractivity contribution in [2.75, 3.05) is 7.11 Å². The third kappa shape index (κ3) is 2.80. The molecule has 0 aliphatic heterocycles. The molecule has 0 unspecified atom stereocenters. The zero-order chi connectivity index (χ0) is 11.4. The summed E-state index contributed by atoms with van der Waals surface area (Å²) in [4.78, 5) is 11.1. The smallest absolute Gasteiger partial charge is 0.307 e. The Kier molecular flexibility index (Phi) is 3.86. The van der Waals surface area contributed by atoms with Crippen molar-refractivity contribution in [2.24, 2.45) is 5.73 Å². The normalized spacial score (nSPS) is 12.3. The lowest BCUT2D eigenvalue weighted by molar-refractivity contribution is -0.141. The van der Waals surface area contributed by atoms with Crippen molar-refractivity contribution in [3.8, 4) is 0 Å². The van der Waals surface area contributed by atoms with E-state index in [-0.39, 0.29) is 18.4 Å². The quantitative estimate of drug-likeness (QED) is 0.770. The van der Waals surface area contributed by atoms with Gasteiger partial charge in [-0.1, -0.05) is 18.2 Å². The summed E-state index contributed by atoms with van der Waals surface area (Å²) in [6, 6.07) is 5.71. The molecular weight excluding hydrogens is 190 g/mol. The summed E-state index contributed by atoms with van der Waals surface area (Å²) in [5, 5.41) is 0. The predicted molar refractivity (Wildman–Crippen MR) is 59.5 cm³/mol. The molecule has 0 heterocycles. The van der Waals surface area contributed by atoms with Crippen molar-refractivity contribution in [1.82, 2.24) is 0 Å². The number of rotatable bonds is 3. The molecule has 0 amide bonds. The van der Waals surface area contributed by atoms with Gasteiger partial charge >= 0.3 is 5.97 Å². The second kappa shape index (κ2) is 4.94. The molecule has 2 N–H and O–H groups in total. The largest absolute Gasteiger partial charge is 0.469 e. The van der Waals surface area contributed by atoms with Crippen LogP contribution in [-0.2, 0) is 9.53 Å². The Balaban J connectivity index is 2.90. The molecule has 1 aromatic rings. The molecule has 82 valence electrons. The van der Waals surface area contributed by atoms with Gasteiger partial charge in [0, 0.05) is 6.04 Å².